The maximum absolute atomic E-state index is 10.2. The molecule has 1 unspecified atom stereocenters. The molecule has 56 valence electrons. The van der Waals surface area contributed by atoms with Gasteiger partial charge in [0, 0.05) is 7.11 Å². The van der Waals surface area contributed by atoms with E-state index >= 15 is 0 Å². The Balaban J connectivity index is 3.41. The second-order valence-corrected chi connectivity index (χ2v) is 1.78. The summed E-state index contributed by atoms with van der Waals surface area (Å²) in [6.07, 6.45) is 5.74. The zero-order chi connectivity index (χ0) is 7.82. The fourth-order valence-corrected chi connectivity index (χ4v) is 0.516. The standard InChI is InChI=1S/C7H11NO2/c1-3-4-8-7(5-9)6-10-2/h1,5,7-8H,4,6H2,2H3. The first kappa shape index (κ1) is 9.15. The van der Waals surface area contributed by atoms with Crippen LogP contribution in [0.5, 0.6) is 0 Å². The summed E-state index contributed by atoms with van der Waals surface area (Å²) in [6, 6.07) is -0.277. The molecule has 0 aliphatic rings. The van der Waals surface area contributed by atoms with Gasteiger partial charge >= 0.3 is 0 Å². The van der Waals surface area contributed by atoms with Gasteiger partial charge in [-0.3, -0.25) is 5.32 Å². The smallest absolute Gasteiger partial charge is 0.139 e. The van der Waals surface area contributed by atoms with Crippen LogP contribution in [0.1, 0.15) is 0 Å². The Labute approximate surface area is 60.8 Å². The number of aldehydes is 1. The van der Waals surface area contributed by atoms with E-state index in [0.29, 0.717) is 13.2 Å². The van der Waals surface area contributed by atoms with E-state index in [2.05, 4.69) is 11.2 Å². The maximum atomic E-state index is 10.2. The lowest BCUT2D eigenvalue weighted by Gasteiger charge is -2.07. The molecule has 0 fully saturated rings. The van der Waals surface area contributed by atoms with E-state index in [1.165, 1.54) is 7.11 Å². The van der Waals surface area contributed by atoms with Crippen molar-refractivity contribution < 1.29 is 9.53 Å². The second kappa shape index (κ2) is 6.27. The SMILES string of the molecule is C#CCNC(C=O)COC. The highest BCUT2D eigenvalue weighted by atomic mass is 16.5. The van der Waals surface area contributed by atoms with Crippen LogP contribution in [0.3, 0.4) is 0 Å². The van der Waals surface area contributed by atoms with E-state index in [0.717, 1.165) is 6.29 Å². The molecule has 0 amide bonds. The molecule has 0 aromatic rings. The van der Waals surface area contributed by atoms with Crippen LogP contribution >= 0.6 is 0 Å². The minimum Gasteiger partial charge on any atom is -0.383 e. The second-order valence-electron chi connectivity index (χ2n) is 1.78. The topological polar surface area (TPSA) is 38.3 Å². The number of rotatable bonds is 5. The fraction of sp³-hybridized carbons (Fsp3) is 0.571. The van der Waals surface area contributed by atoms with Gasteiger partial charge in [0.25, 0.3) is 0 Å². The summed E-state index contributed by atoms with van der Waals surface area (Å²) in [7, 11) is 1.54. The highest BCUT2D eigenvalue weighted by Crippen LogP contribution is 1.77. The van der Waals surface area contributed by atoms with Gasteiger partial charge in [0.05, 0.1) is 19.2 Å². The maximum Gasteiger partial charge on any atom is 0.139 e. The van der Waals surface area contributed by atoms with Gasteiger partial charge in [0.1, 0.15) is 6.29 Å². The zero-order valence-electron chi connectivity index (χ0n) is 5.96. The molecule has 0 aliphatic carbocycles. The first-order valence-electron chi connectivity index (χ1n) is 2.96. The van der Waals surface area contributed by atoms with Crippen LogP contribution in [0.15, 0.2) is 0 Å². The van der Waals surface area contributed by atoms with E-state index in [4.69, 9.17) is 11.2 Å². The van der Waals surface area contributed by atoms with E-state index in [-0.39, 0.29) is 6.04 Å². The highest BCUT2D eigenvalue weighted by Gasteiger charge is 2.02. The Hall–Kier alpha value is -0.850. The van der Waals surface area contributed by atoms with Crippen molar-refractivity contribution in [3.63, 3.8) is 0 Å². The average Bonchev–Trinajstić information content (AvgIpc) is 1.98. The minimum atomic E-state index is -0.277. The van der Waals surface area contributed by atoms with Gasteiger partial charge in [-0.25, -0.2) is 0 Å². The Morgan fingerprint density at radius 2 is 2.60 bits per heavy atom. The molecule has 0 aliphatic heterocycles. The summed E-state index contributed by atoms with van der Waals surface area (Å²) < 4.78 is 4.73. The number of terminal acetylenes is 1. The van der Waals surface area contributed by atoms with Crippen LogP contribution in [0.25, 0.3) is 0 Å². The van der Waals surface area contributed by atoms with Crippen molar-refractivity contribution >= 4 is 6.29 Å². The van der Waals surface area contributed by atoms with Crippen LogP contribution < -0.4 is 5.32 Å². The summed E-state index contributed by atoms with van der Waals surface area (Å²) >= 11 is 0. The molecular weight excluding hydrogens is 130 g/mol. The van der Waals surface area contributed by atoms with Crippen molar-refractivity contribution in [1.82, 2.24) is 5.32 Å². The lowest BCUT2D eigenvalue weighted by Crippen LogP contribution is -2.34. The lowest BCUT2D eigenvalue weighted by atomic mass is 10.3. The van der Waals surface area contributed by atoms with Gasteiger partial charge < -0.3 is 9.53 Å². The minimum absolute atomic E-state index is 0.277. The quantitative estimate of drug-likeness (QED) is 0.411. The van der Waals surface area contributed by atoms with Crippen LogP contribution in [-0.2, 0) is 9.53 Å². The predicted octanol–water partition coefficient (Wildman–Crippen LogP) is -0.577. The molecule has 0 rings (SSSR count). The molecule has 0 aromatic carbocycles. The van der Waals surface area contributed by atoms with E-state index < -0.39 is 0 Å². The molecule has 3 nitrogen and oxygen atoms in total. The first-order chi connectivity index (χ1) is 4.85. The Bertz CT molecular complexity index is 128. The van der Waals surface area contributed by atoms with Crippen molar-refractivity contribution in [3.8, 4) is 12.3 Å². The van der Waals surface area contributed by atoms with E-state index in [1.54, 1.807) is 0 Å². The summed E-state index contributed by atoms with van der Waals surface area (Å²) in [5.74, 6) is 2.37. The van der Waals surface area contributed by atoms with Crippen molar-refractivity contribution in [1.29, 1.82) is 0 Å². The molecular formula is C7H11NO2. The summed E-state index contributed by atoms with van der Waals surface area (Å²) in [4.78, 5) is 10.2. The largest absolute Gasteiger partial charge is 0.383 e. The highest BCUT2D eigenvalue weighted by molar-refractivity contribution is 5.57. The van der Waals surface area contributed by atoms with Crippen LogP contribution in [-0.4, -0.2) is 32.6 Å². The van der Waals surface area contributed by atoms with E-state index in [9.17, 15) is 4.79 Å². The molecule has 0 saturated carbocycles. The van der Waals surface area contributed by atoms with Gasteiger partial charge in [0.2, 0.25) is 0 Å². The summed E-state index contributed by atoms with van der Waals surface area (Å²) in [5.41, 5.74) is 0. The van der Waals surface area contributed by atoms with Crippen molar-refractivity contribution in [2.45, 2.75) is 6.04 Å². The van der Waals surface area contributed by atoms with Gasteiger partial charge in [0.15, 0.2) is 0 Å². The van der Waals surface area contributed by atoms with Gasteiger partial charge in [-0.05, 0) is 0 Å². The third-order valence-electron chi connectivity index (χ3n) is 0.977. The van der Waals surface area contributed by atoms with Crippen molar-refractivity contribution in [2.24, 2.45) is 0 Å². The van der Waals surface area contributed by atoms with E-state index in [1.807, 2.05) is 0 Å². The molecule has 0 aromatic heterocycles. The normalized spacial score (nSPS) is 12.0. The Morgan fingerprint density at radius 1 is 1.90 bits per heavy atom. The average molecular weight is 141 g/mol. The molecule has 0 bridgehead atoms. The van der Waals surface area contributed by atoms with Crippen LogP contribution in [0, 0.1) is 12.3 Å². The molecule has 1 atom stereocenters. The lowest BCUT2D eigenvalue weighted by molar-refractivity contribution is -0.110. The molecule has 0 heterocycles. The number of hydrogen-bond acceptors (Lipinski definition) is 3. The summed E-state index contributed by atoms with van der Waals surface area (Å²) in [6.45, 7) is 0.762. The molecule has 1 N–H and O–H groups in total. The van der Waals surface area contributed by atoms with Crippen molar-refractivity contribution in [3.05, 3.63) is 0 Å². The van der Waals surface area contributed by atoms with Crippen LogP contribution in [0.4, 0.5) is 0 Å². The first-order valence-corrected chi connectivity index (χ1v) is 2.96. The Kier molecular flexibility index (Phi) is 5.74. The number of hydrogen-bond donors (Lipinski definition) is 1. The number of nitrogens with one attached hydrogen (secondary N) is 1. The monoisotopic (exact) mass is 141 g/mol. The van der Waals surface area contributed by atoms with Gasteiger partial charge in [-0.1, -0.05) is 5.92 Å². The summed E-state index contributed by atoms with van der Waals surface area (Å²) in [5, 5.41) is 2.79. The van der Waals surface area contributed by atoms with Gasteiger partial charge in [-0.15, -0.1) is 6.42 Å². The third-order valence-corrected chi connectivity index (χ3v) is 0.977. The Morgan fingerprint density at radius 3 is 3.00 bits per heavy atom. The molecule has 10 heavy (non-hydrogen) atoms. The third kappa shape index (κ3) is 4.07. The van der Waals surface area contributed by atoms with Crippen molar-refractivity contribution in [2.75, 3.05) is 20.3 Å². The molecule has 0 radical (unpaired) electrons. The molecule has 0 saturated heterocycles. The number of carbonyl (C=O) groups is 1. The molecule has 3 heteroatoms. The fourth-order valence-electron chi connectivity index (χ4n) is 0.516. The number of ether oxygens (including phenoxy) is 1. The number of carbonyl (C=O) groups excluding carboxylic acids is 1. The number of methoxy groups -OCH3 is 1. The zero-order valence-corrected chi connectivity index (χ0v) is 5.96. The van der Waals surface area contributed by atoms with Gasteiger partial charge in [-0.2, -0.15) is 0 Å². The molecule has 0 spiro atoms. The van der Waals surface area contributed by atoms with Crippen LogP contribution in [0.2, 0.25) is 0 Å². The predicted molar refractivity (Wildman–Crippen MR) is 38.6 cm³/mol.